The Balaban J connectivity index is 2.63. The molecule has 0 aliphatic carbocycles. The minimum atomic E-state index is -0.463. The molecule has 0 bridgehead atoms. The van der Waals surface area contributed by atoms with Crippen molar-refractivity contribution in [2.45, 2.75) is 19.4 Å². The third-order valence-electron chi connectivity index (χ3n) is 1.61. The zero-order chi connectivity index (χ0) is 8.97. The normalized spacial score (nSPS) is 12.4. The van der Waals surface area contributed by atoms with Gasteiger partial charge >= 0.3 is 6.03 Å². The van der Waals surface area contributed by atoms with Crippen molar-refractivity contribution in [2.75, 3.05) is 0 Å². The molecule has 2 amide bonds. The topological polar surface area (TPSA) is 55.1 Å². The molecule has 1 rings (SSSR count). The van der Waals surface area contributed by atoms with E-state index in [2.05, 4.69) is 5.32 Å². The van der Waals surface area contributed by atoms with E-state index in [1.807, 2.05) is 24.4 Å². The predicted octanol–water partition coefficient (Wildman–Crippen LogP) is 1.87. The Morgan fingerprint density at radius 1 is 1.83 bits per heavy atom. The van der Waals surface area contributed by atoms with Crippen LogP contribution in [0.4, 0.5) is 4.79 Å². The first-order valence-electron chi connectivity index (χ1n) is 3.83. The van der Waals surface area contributed by atoms with Crippen LogP contribution >= 0.6 is 11.3 Å². The number of primary amides is 1. The highest BCUT2D eigenvalue weighted by atomic mass is 32.1. The van der Waals surface area contributed by atoms with Crippen molar-refractivity contribution in [1.82, 2.24) is 5.32 Å². The Morgan fingerprint density at radius 3 is 3.00 bits per heavy atom. The lowest BCUT2D eigenvalue weighted by atomic mass is 10.2. The molecule has 0 radical (unpaired) electrons. The fraction of sp³-hybridized carbons (Fsp3) is 0.375. The Morgan fingerprint density at radius 2 is 2.58 bits per heavy atom. The van der Waals surface area contributed by atoms with Gasteiger partial charge < -0.3 is 11.1 Å². The smallest absolute Gasteiger partial charge is 0.312 e. The van der Waals surface area contributed by atoms with Gasteiger partial charge in [-0.15, -0.1) is 11.3 Å². The molecule has 1 heterocycles. The molecule has 1 aromatic rings. The number of hydrogen-bond donors (Lipinski definition) is 2. The molecule has 0 saturated heterocycles. The molecule has 1 unspecified atom stereocenters. The first kappa shape index (κ1) is 9.06. The molecule has 0 aliphatic heterocycles. The van der Waals surface area contributed by atoms with Crippen molar-refractivity contribution in [1.29, 1.82) is 0 Å². The lowest BCUT2D eigenvalue weighted by molar-refractivity contribution is 0.245. The van der Waals surface area contributed by atoms with Crippen LogP contribution in [0.3, 0.4) is 0 Å². The molecule has 12 heavy (non-hydrogen) atoms. The highest BCUT2D eigenvalue weighted by Gasteiger charge is 2.10. The Bertz CT molecular complexity index is 246. The van der Waals surface area contributed by atoms with Crippen LogP contribution in [-0.4, -0.2) is 6.03 Å². The molecule has 1 aromatic heterocycles. The van der Waals surface area contributed by atoms with Gasteiger partial charge in [0, 0.05) is 4.88 Å². The molecule has 66 valence electrons. The number of urea groups is 1. The highest BCUT2D eigenvalue weighted by Crippen LogP contribution is 2.20. The number of rotatable bonds is 3. The van der Waals surface area contributed by atoms with E-state index in [4.69, 9.17) is 5.73 Å². The third-order valence-corrected chi connectivity index (χ3v) is 2.60. The van der Waals surface area contributed by atoms with Gasteiger partial charge in [0.1, 0.15) is 0 Å². The van der Waals surface area contributed by atoms with Crippen LogP contribution in [0.1, 0.15) is 24.3 Å². The number of carbonyl (C=O) groups excluding carboxylic acids is 1. The van der Waals surface area contributed by atoms with E-state index in [9.17, 15) is 4.79 Å². The van der Waals surface area contributed by atoms with Gasteiger partial charge in [0.2, 0.25) is 0 Å². The minimum absolute atomic E-state index is 0.0718. The maximum atomic E-state index is 10.6. The molecular weight excluding hydrogens is 172 g/mol. The van der Waals surface area contributed by atoms with Gasteiger partial charge in [-0.25, -0.2) is 4.79 Å². The molecule has 0 fully saturated rings. The van der Waals surface area contributed by atoms with Gasteiger partial charge in [0.05, 0.1) is 6.04 Å². The van der Waals surface area contributed by atoms with Crippen molar-refractivity contribution in [3.05, 3.63) is 22.4 Å². The summed E-state index contributed by atoms with van der Waals surface area (Å²) in [5.74, 6) is 0. The van der Waals surface area contributed by atoms with Crippen molar-refractivity contribution in [2.24, 2.45) is 5.73 Å². The Hall–Kier alpha value is -1.03. The largest absolute Gasteiger partial charge is 0.352 e. The van der Waals surface area contributed by atoms with E-state index in [1.54, 1.807) is 11.3 Å². The average molecular weight is 184 g/mol. The van der Waals surface area contributed by atoms with E-state index in [0.717, 1.165) is 11.3 Å². The monoisotopic (exact) mass is 184 g/mol. The van der Waals surface area contributed by atoms with E-state index >= 15 is 0 Å². The Kier molecular flexibility index (Phi) is 3.10. The van der Waals surface area contributed by atoms with E-state index in [0.29, 0.717) is 0 Å². The molecule has 0 saturated carbocycles. The summed E-state index contributed by atoms with van der Waals surface area (Å²) in [7, 11) is 0. The quantitative estimate of drug-likeness (QED) is 0.740. The number of nitrogens with one attached hydrogen (secondary N) is 1. The van der Waals surface area contributed by atoms with Crippen LogP contribution < -0.4 is 11.1 Å². The second kappa shape index (κ2) is 4.11. The SMILES string of the molecule is CCC(NC(N)=O)c1cccs1. The number of carbonyl (C=O) groups is 1. The van der Waals surface area contributed by atoms with Crippen molar-refractivity contribution < 1.29 is 4.79 Å². The zero-order valence-electron chi connectivity index (χ0n) is 6.91. The summed E-state index contributed by atoms with van der Waals surface area (Å²) in [6.45, 7) is 2.01. The molecule has 0 aromatic carbocycles. The van der Waals surface area contributed by atoms with Crippen molar-refractivity contribution in [3.8, 4) is 0 Å². The van der Waals surface area contributed by atoms with E-state index in [-0.39, 0.29) is 6.04 Å². The van der Waals surface area contributed by atoms with E-state index < -0.39 is 6.03 Å². The molecule has 4 heteroatoms. The first-order chi connectivity index (χ1) is 5.74. The molecular formula is C8H12N2OS. The molecule has 3 N–H and O–H groups in total. The van der Waals surface area contributed by atoms with Gasteiger partial charge in [-0.2, -0.15) is 0 Å². The fourth-order valence-corrected chi connectivity index (χ4v) is 1.90. The van der Waals surface area contributed by atoms with Crippen LogP contribution in [0, 0.1) is 0 Å². The summed E-state index contributed by atoms with van der Waals surface area (Å²) in [4.78, 5) is 11.7. The van der Waals surface area contributed by atoms with Gasteiger partial charge in [-0.1, -0.05) is 13.0 Å². The maximum absolute atomic E-state index is 10.6. The minimum Gasteiger partial charge on any atom is -0.352 e. The van der Waals surface area contributed by atoms with Gasteiger partial charge in [-0.3, -0.25) is 0 Å². The summed E-state index contributed by atoms with van der Waals surface area (Å²) >= 11 is 1.63. The molecule has 0 spiro atoms. The van der Waals surface area contributed by atoms with Crippen LogP contribution in [-0.2, 0) is 0 Å². The standard InChI is InChI=1S/C8H12N2OS/c1-2-6(10-8(9)11)7-4-3-5-12-7/h3-6H,2H2,1H3,(H3,9,10,11). The lowest BCUT2D eigenvalue weighted by Gasteiger charge is -2.12. The summed E-state index contributed by atoms with van der Waals surface area (Å²) in [5, 5.41) is 4.67. The van der Waals surface area contributed by atoms with Crippen LogP contribution in [0.2, 0.25) is 0 Å². The second-order valence-corrected chi connectivity index (χ2v) is 3.46. The molecule has 1 atom stereocenters. The number of nitrogens with two attached hydrogens (primary N) is 1. The summed E-state index contributed by atoms with van der Waals surface area (Å²) < 4.78 is 0. The molecule has 0 aliphatic rings. The van der Waals surface area contributed by atoms with Gasteiger partial charge in [0.15, 0.2) is 0 Å². The summed E-state index contributed by atoms with van der Waals surface area (Å²) in [6.07, 6.45) is 0.865. The third kappa shape index (κ3) is 2.23. The van der Waals surface area contributed by atoms with Crippen molar-refractivity contribution >= 4 is 17.4 Å². The van der Waals surface area contributed by atoms with Gasteiger partial charge in [0.25, 0.3) is 0 Å². The van der Waals surface area contributed by atoms with Crippen molar-refractivity contribution in [3.63, 3.8) is 0 Å². The van der Waals surface area contributed by atoms with Crippen LogP contribution in [0.5, 0.6) is 0 Å². The van der Waals surface area contributed by atoms with Crippen LogP contribution in [0.25, 0.3) is 0 Å². The zero-order valence-corrected chi connectivity index (χ0v) is 7.73. The maximum Gasteiger partial charge on any atom is 0.312 e. The van der Waals surface area contributed by atoms with E-state index in [1.165, 1.54) is 0 Å². The average Bonchev–Trinajstić information content (AvgIpc) is 2.51. The fourth-order valence-electron chi connectivity index (χ4n) is 1.04. The summed E-state index contributed by atoms with van der Waals surface area (Å²) in [5.41, 5.74) is 5.03. The second-order valence-electron chi connectivity index (χ2n) is 2.48. The number of thiophene rings is 1. The van der Waals surface area contributed by atoms with Gasteiger partial charge in [-0.05, 0) is 17.9 Å². The number of hydrogen-bond acceptors (Lipinski definition) is 2. The number of amides is 2. The van der Waals surface area contributed by atoms with Crippen LogP contribution in [0.15, 0.2) is 17.5 Å². The summed E-state index contributed by atoms with van der Waals surface area (Å²) in [6, 6.07) is 3.57. The molecule has 3 nitrogen and oxygen atoms in total. The highest BCUT2D eigenvalue weighted by molar-refractivity contribution is 7.10. The predicted molar refractivity (Wildman–Crippen MR) is 50.1 cm³/mol. The Labute approximate surface area is 75.6 Å². The lowest BCUT2D eigenvalue weighted by Crippen LogP contribution is -2.32. The first-order valence-corrected chi connectivity index (χ1v) is 4.71.